The van der Waals surface area contributed by atoms with Gasteiger partial charge < -0.3 is 23.4 Å². The van der Waals surface area contributed by atoms with Crippen LogP contribution in [0.4, 0.5) is 0 Å². The summed E-state index contributed by atoms with van der Waals surface area (Å²) in [7, 11) is 0. The van der Waals surface area contributed by atoms with Crippen LogP contribution in [0.5, 0.6) is 11.5 Å². The number of hydrogen-bond acceptors (Lipinski definition) is 8. The predicted molar refractivity (Wildman–Crippen MR) is 151 cm³/mol. The lowest BCUT2D eigenvalue weighted by Crippen LogP contribution is -2.15. The van der Waals surface area contributed by atoms with Gasteiger partial charge in [0.2, 0.25) is 0 Å². The van der Waals surface area contributed by atoms with Crippen LogP contribution in [0.1, 0.15) is 11.1 Å². The fourth-order valence-corrected chi connectivity index (χ4v) is 4.05. The second-order valence-corrected chi connectivity index (χ2v) is 9.07. The summed E-state index contributed by atoms with van der Waals surface area (Å²) in [4.78, 5) is 37.4. The Bertz CT molecular complexity index is 1680. The zero-order valence-corrected chi connectivity index (χ0v) is 22.0. The van der Waals surface area contributed by atoms with Crippen molar-refractivity contribution in [3.63, 3.8) is 0 Å². The monoisotopic (exact) mass is 550 g/mol. The second kappa shape index (κ2) is 13.3. The smallest absolute Gasteiger partial charge is 0.337 e. The van der Waals surface area contributed by atoms with E-state index in [1.54, 1.807) is 30.3 Å². The zero-order valence-electron chi connectivity index (χ0n) is 22.0. The van der Waals surface area contributed by atoms with Gasteiger partial charge in [0.15, 0.2) is 5.43 Å². The van der Waals surface area contributed by atoms with Crippen molar-refractivity contribution in [3.05, 3.63) is 131 Å². The lowest BCUT2D eigenvalue weighted by atomic mass is 10.1. The molecule has 0 amide bonds. The molecule has 0 aliphatic heterocycles. The normalized spacial score (nSPS) is 10.8. The van der Waals surface area contributed by atoms with Crippen LogP contribution in [0.15, 0.2) is 119 Å². The van der Waals surface area contributed by atoms with Gasteiger partial charge in [0, 0.05) is 6.07 Å². The van der Waals surface area contributed by atoms with Crippen LogP contribution < -0.4 is 14.9 Å². The van der Waals surface area contributed by atoms with Gasteiger partial charge in [-0.25, -0.2) is 9.59 Å². The number of benzene rings is 4. The van der Waals surface area contributed by atoms with Gasteiger partial charge in [-0.05, 0) is 41.0 Å². The van der Waals surface area contributed by atoms with Crippen molar-refractivity contribution in [1.82, 2.24) is 0 Å². The molecule has 0 aliphatic rings. The number of carbonyl (C=O) groups excluding carboxylic acids is 2. The van der Waals surface area contributed by atoms with E-state index in [1.165, 1.54) is 18.4 Å². The van der Waals surface area contributed by atoms with Gasteiger partial charge in [-0.1, -0.05) is 72.8 Å². The average Bonchev–Trinajstić information content (AvgIpc) is 2.99. The summed E-state index contributed by atoms with van der Waals surface area (Å²) < 4.78 is 27.2. The summed E-state index contributed by atoms with van der Waals surface area (Å²) in [6.45, 7) is 0.183. The molecule has 0 fully saturated rings. The molecule has 1 aromatic heterocycles. The van der Waals surface area contributed by atoms with Crippen LogP contribution in [-0.4, -0.2) is 25.2 Å². The molecule has 8 nitrogen and oxygen atoms in total. The van der Waals surface area contributed by atoms with Crippen LogP contribution in [-0.2, 0) is 32.3 Å². The quantitative estimate of drug-likeness (QED) is 0.152. The molecule has 0 radical (unpaired) electrons. The molecular formula is C33H26O8. The molecule has 0 saturated carbocycles. The molecule has 8 heteroatoms. The van der Waals surface area contributed by atoms with Gasteiger partial charge >= 0.3 is 11.9 Å². The SMILES string of the molecule is O=C(COCc1ccccc1)Oc1ccc(-c2coc3cc(OC(=O)COCc4ccccc4)ccc3c2=O)cc1. The third-order valence-electron chi connectivity index (χ3n) is 6.04. The topological polar surface area (TPSA) is 101 Å². The highest BCUT2D eigenvalue weighted by Gasteiger charge is 2.13. The van der Waals surface area contributed by atoms with Gasteiger partial charge in [-0.2, -0.15) is 0 Å². The Kier molecular flexibility index (Phi) is 8.95. The van der Waals surface area contributed by atoms with Crippen molar-refractivity contribution < 1.29 is 33.0 Å². The summed E-state index contributed by atoms with van der Waals surface area (Å²) in [6, 6.07) is 30.1. The van der Waals surface area contributed by atoms with E-state index in [1.807, 2.05) is 60.7 Å². The number of ether oxygens (including phenoxy) is 4. The van der Waals surface area contributed by atoms with Gasteiger partial charge in [-0.15, -0.1) is 0 Å². The first-order chi connectivity index (χ1) is 20.0. The minimum Gasteiger partial charge on any atom is -0.463 e. The van der Waals surface area contributed by atoms with Crippen LogP contribution in [0.3, 0.4) is 0 Å². The maximum Gasteiger partial charge on any atom is 0.337 e. The summed E-state index contributed by atoms with van der Waals surface area (Å²) in [5, 5.41) is 0.327. The number of fused-ring (bicyclic) bond motifs is 1. The van der Waals surface area contributed by atoms with Crippen LogP contribution in [0, 0.1) is 0 Å². The van der Waals surface area contributed by atoms with E-state index in [0.29, 0.717) is 28.9 Å². The van der Waals surface area contributed by atoms with Crippen LogP contribution in [0.25, 0.3) is 22.1 Å². The van der Waals surface area contributed by atoms with Crippen molar-refractivity contribution in [2.24, 2.45) is 0 Å². The standard InChI is InChI=1S/C33H26O8/c34-31(21-37-18-23-7-3-1-4-8-23)40-26-13-11-25(12-14-26)29-20-39-30-17-27(15-16-28(30)33(29)36)41-32(35)22-38-19-24-9-5-2-6-10-24/h1-17,20H,18-19,21-22H2. The van der Waals surface area contributed by atoms with Crippen LogP contribution >= 0.6 is 0 Å². The van der Waals surface area contributed by atoms with E-state index >= 15 is 0 Å². The number of hydrogen-bond donors (Lipinski definition) is 0. The Balaban J connectivity index is 1.16. The van der Waals surface area contributed by atoms with Gasteiger partial charge in [0.1, 0.15) is 36.6 Å². The highest BCUT2D eigenvalue weighted by Crippen LogP contribution is 2.25. The van der Waals surface area contributed by atoms with Crippen molar-refractivity contribution in [3.8, 4) is 22.6 Å². The van der Waals surface area contributed by atoms with E-state index in [4.69, 9.17) is 23.4 Å². The summed E-state index contributed by atoms with van der Waals surface area (Å²) in [5.41, 5.74) is 2.85. The molecule has 4 aromatic carbocycles. The largest absolute Gasteiger partial charge is 0.463 e. The first-order valence-electron chi connectivity index (χ1n) is 12.9. The molecule has 0 N–H and O–H groups in total. The predicted octanol–water partition coefficient (Wildman–Crippen LogP) is 5.70. The summed E-state index contributed by atoms with van der Waals surface area (Å²) in [6.07, 6.45) is 1.34. The van der Waals surface area contributed by atoms with Gasteiger partial charge in [-0.3, -0.25) is 4.79 Å². The van der Waals surface area contributed by atoms with E-state index in [0.717, 1.165) is 11.1 Å². The Hall–Kier alpha value is -5.05. The molecule has 5 rings (SSSR count). The van der Waals surface area contributed by atoms with E-state index < -0.39 is 11.9 Å². The van der Waals surface area contributed by atoms with Crippen molar-refractivity contribution in [2.45, 2.75) is 13.2 Å². The van der Waals surface area contributed by atoms with Crippen molar-refractivity contribution in [1.29, 1.82) is 0 Å². The molecule has 206 valence electrons. The molecule has 0 unspecified atom stereocenters. The third-order valence-corrected chi connectivity index (χ3v) is 6.04. The molecule has 0 aliphatic carbocycles. The van der Waals surface area contributed by atoms with Gasteiger partial charge in [0.25, 0.3) is 0 Å². The first kappa shape index (κ1) is 27.5. The lowest BCUT2D eigenvalue weighted by molar-refractivity contribution is -0.140. The minimum absolute atomic E-state index is 0.192. The maximum atomic E-state index is 13.1. The molecule has 0 atom stereocenters. The molecule has 0 saturated heterocycles. The van der Waals surface area contributed by atoms with E-state index in [-0.39, 0.29) is 36.6 Å². The Morgan fingerprint density at radius 3 is 1.76 bits per heavy atom. The first-order valence-corrected chi connectivity index (χ1v) is 12.9. The van der Waals surface area contributed by atoms with Crippen molar-refractivity contribution in [2.75, 3.05) is 13.2 Å². The second-order valence-electron chi connectivity index (χ2n) is 9.07. The van der Waals surface area contributed by atoms with E-state index in [9.17, 15) is 14.4 Å². The molecule has 1 heterocycles. The number of rotatable bonds is 11. The third kappa shape index (κ3) is 7.54. The van der Waals surface area contributed by atoms with Crippen LogP contribution in [0.2, 0.25) is 0 Å². The zero-order chi connectivity index (χ0) is 28.4. The maximum absolute atomic E-state index is 13.1. The Morgan fingerprint density at radius 1 is 0.634 bits per heavy atom. The molecule has 0 bridgehead atoms. The van der Waals surface area contributed by atoms with Crippen molar-refractivity contribution >= 4 is 22.9 Å². The fourth-order valence-electron chi connectivity index (χ4n) is 4.05. The lowest BCUT2D eigenvalue weighted by Gasteiger charge is -2.08. The Morgan fingerprint density at radius 2 is 1.17 bits per heavy atom. The average molecular weight is 551 g/mol. The molecular weight excluding hydrogens is 524 g/mol. The minimum atomic E-state index is -0.567. The highest BCUT2D eigenvalue weighted by atomic mass is 16.6. The van der Waals surface area contributed by atoms with E-state index in [2.05, 4.69) is 0 Å². The van der Waals surface area contributed by atoms with Gasteiger partial charge in [0.05, 0.1) is 24.2 Å². The molecule has 5 aromatic rings. The highest BCUT2D eigenvalue weighted by molar-refractivity contribution is 5.84. The Labute approximate surface area is 235 Å². The molecule has 0 spiro atoms. The fraction of sp³-hybridized carbons (Fsp3) is 0.121. The number of carbonyl (C=O) groups is 2. The molecule has 41 heavy (non-hydrogen) atoms. The summed E-state index contributed by atoms with van der Waals surface area (Å²) >= 11 is 0. The summed E-state index contributed by atoms with van der Waals surface area (Å²) in [5.74, 6) is -0.534. The number of esters is 2.